The molecule has 166 valence electrons. The number of benzene rings is 1. The van der Waals surface area contributed by atoms with E-state index in [1.165, 1.54) is 9.56 Å². The van der Waals surface area contributed by atoms with Gasteiger partial charge in [0.2, 0.25) is 0 Å². The first-order chi connectivity index (χ1) is 16.2. The molecule has 5 rings (SSSR count). The van der Waals surface area contributed by atoms with Crippen LogP contribution in [0.5, 0.6) is 0 Å². The molecule has 0 bridgehead atoms. The molecule has 0 saturated carbocycles. The summed E-state index contributed by atoms with van der Waals surface area (Å²) in [4.78, 5) is 21.6. The summed E-state index contributed by atoms with van der Waals surface area (Å²) in [6.45, 7) is 4.16. The Balaban J connectivity index is 1.60. The zero-order valence-electron chi connectivity index (χ0n) is 17.9. The third-order valence-corrected chi connectivity index (χ3v) is 6.57. The zero-order chi connectivity index (χ0) is 22.6. The highest BCUT2D eigenvalue weighted by atomic mass is 32.1. The van der Waals surface area contributed by atoms with Gasteiger partial charge in [-0.2, -0.15) is 4.68 Å². The Bertz CT molecular complexity index is 1270. The van der Waals surface area contributed by atoms with Crippen molar-refractivity contribution in [3.8, 4) is 11.4 Å². The van der Waals surface area contributed by atoms with Gasteiger partial charge in [0, 0.05) is 23.1 Å². The Kier molecular flexibility index (Phi) is 5.95. The molecule has 0 saturated heterocycles. The van der Waals surface area contributed by atoms with Gasteiger partial charge < -0.3 is 4.42 Å². The van der Waals surface area contributed by atoms with E-state index in [1.54, 1.807) is 46.8 Å². The monoisotopic (exact) mass is 458 g/mol. The molecule has 4 aromatic rings. The number of thiazole rings is 1. The Morgan fingerprint density at radius 1 is 1.18 bits per heavy atom. The highest BCUT2D eigenvalue weighted by Gasteiger charge is 2.28. The molecule has 3 heterocycles. The first-order valence-electron chi connectivity index (χ1n) is 10.8. The Labute approximate surface area is 194 Å². The molecular formula is C24H22N6O2S. The van der Waals surface area contributed by atoms with Crippen molar-refractivity contribution in [1.29, 1.82) is 0 Å². The Morgan fingerprint density at radius 2 is 2.03 bits per heavy atom. The summed E-state index contributed by atoms with van der Waals surface area (Å²) in [6.07, 6.45) is 9.13. The molecule has 3 aromatic heterocycles. The average Bonchev–Trinajstić information content (AvgIpc) is 3.61. The molecule has 9 heteroatoms. The van der Waals surface area contributed by atoms with Crippen LogP contribution in [0.1, 0.15) is 29.2 Å². The van der Waals surface area contributed by atoms with Crippen LogP contribution in [0.4, 0.5) is 5.13 Å². The molecule has 0 spiro atoms. The number of carbonyl (C=O) groups is 1. The number of furan rings is 1. The number of anilines is 1. The minimum atomic E-state index is -0.290. The number of aryl methyl sites for hydroxylation is 2. The zero-order valence-corrected chi connectivity index (χ0v) is 18.7. The van der Waals surface area contributed by atoms with Crippen LogP contribution in [0, 0.1) is 0 Å². The summed E-state index contributed by atoms with van der Waals surface area (Å²) >= 11 is 1.57. The van der Waals surface area contributed by atoms with E-state index >= 15 is 0 Å². The second-order valence-electron chi connectivity index (χ2n) is 7.60. The van der Waals surface area contributed by atoms with Gasteiger partial charge in [-0.05, 0) is 48.2 Å². The fraction of sp³-hybridized carbons (Fsp3) is 0.208. The van der Waals surface area contributed by atoms with Crippen molar-refractivity contribution < 1.29 is 9.21 Å². The van der Waals surface area contributed by atoms with Crippen LogP contribution in [0.2, 0.25) is 0 Å². The molecule has 0 atom stereocenters. The second kappa shape index (κ2) is 9.33. The third-order valence-electron chi connectivity index (χ3n) is 5.39. The predicted octanol–water partition coefficient (Wildman–Crippen LogP) is 4.49. The van der Waals surface area contributed by atoms with Gasteiger partial charge in [-0.3, -0.25) is 9.69 Å². The number of nitrogens with zero attached hydrogens (tertiary/aromatic N) is 6. The Morgan fingerprint density at radius 3 is 2.79 bits per heavy atom. The van der Waals surface area contributed by atoms with E-state index in [2.05, 4.69) is 22.1 Å². The van der Waals surface area contributed by atoms with Crippen LogP contribution in [-0.4, -0.2) is 37.6 Å². The number of carbonyl (C=O) groups excluding carboxylic acids is 1. The molecular weight excluding hydrogens is 436 g/mol. The largest absolute Gasteiger partial charge is 0.465 e. The fourth-order valence-electron chi connectivity index (χ4n) is 3.81. The van der Waals surface area contributed by atoms with E-state index < -0.39 is 0 Å². The van der Waals surface area contributed by atoms with E-state index in [4.69, 9.17) is 9.40 Å². The maximum atomic E-state index is 14.0. The average molecular weight is 459 g/mol. The number of fused-ring (bicyclic) bond motifs is 1. The minimum Gasteiger partial charge on any atom is -0.465 e. The van der Waals surface area contributed by atoms with Crippen molar-refractivity contribution >= 4 is 34.1 Å². The van der Waals surface area contributed by atoms with Gasteiger partial charge in [-0.1, -0.05) is 36.4 Å². The lowest BCUT2D eigenvalue weighted by molar-refractivity contribution is -0.113. The first kappa shape index (κ1) is 21.0. The van der Waals surface area contributed by atoms with Gasteiger partial charge >= 0.3 is 0 Å². The molecule has 0 aliphatic heterocycles. The van der Waals surface area contributed by atoms with E-state index in [1.807, 2.05) is 30.3 Å². The molecule has 1 aliphatic rings. The van der Waals surface area contributed by atoms with Crippen LogP contribution in [0.25, 0.3) is 23.2 Å². The third kappa shape index (κ3) is 4.27. The summed E-state index contributed by atoms with van der Waals surface area (Å²) in [6, 6.07) is 13.0. The summed E-state index contributed by atoms with van der Waals surface area (Å²) in [7, 11) is 0. The number of amides is 1. The summed E-state index contributed by atoms with van der Waals surface area (Å²) in [5.74, 6) is 0.686. The lowest BCUT2D eigenvalue weighted by Gasteiger charge is -2.20. The highest BCUT2D eigenvalue weighted by Crippen LogP contribution is 2.33. The molecule has 0 fully saturated rings. The quantitative estimate of drug-likeness (QED) is 0.299. The molecule has 1 aliphatic carbocycles. The number of tetrazole rings is 1. The van der Waals surface area contributed by atoms with Crippen molar-refractivity contribution in [3.05, 3.63) is 77.7 Å². The first-order valence-corrected chi connectivity index (χ1v) is 11.6. The van der Waals surface area contributed by atoms with Gasteiger partial charge in [-0.15, -0.1) is 23.0 Å². The van der Waals surface area contributed by atoms with Gasteiger partial charge in [0.15, 0.2) is 11.0 Å². The second-order valence-corrected chi connectivity index (χ2v) is 8.67. The number of rotatable bonds is 7. The van der Waals surface area contributed by atoms with Crippen molar-refractivity contribution in [2.45, 2.75) is 25.7 Å². The van der Waals surface area contributed by atoms with Gasteiger partial charge in [0.1, 0.15) is 11.5 Å². The normalized spacial score (nSPS) is 13.5. The SMILES string of the molecule is C=CCN(C(=O)C(=Cc1ccco1)n1nnnc1-c1ccccc1)c1nc2c(s1)CCCC2. The lowest BCUT2D eigenvalue weighted by atomic mass is 10.0. The molecule has 33 heavy (non-hydrogen) atoms. The van der Waals surface area contributed by atoms with Crippen LogP contribution < -0.4 is 4.90 Å². The number of hydrogen-bond acceptors (Lipinski definition) is 7. The molecule has 1 aromatic carbocycles. The van der Waals surface area contributed by atoms with Crippen LogP contribution in [0.15, 0.2) is 65.8 Å². The van der Waals surface area contributed by atoms with E-state index in [-0.39, 0.29) is 11.6 Å². The Hall–Kier alpha value is -3.85. The van der Waals surface area contributed by atoms with Gasteiger partial charge in [0.25, 0.3) is 5.91 Å². The van der Waals surface area contributed by atoms with Crippen LogP contribution >= 0.6 is 11.3 Å². The van der Waals surface area contributed by atoms with Gasteiger partial charge in [-0.25, -0.2) is 4.98 Å². The van der Waals surface area contributed by atoms with Gasteiger partial charge in [0.05, 0.1) is 12.0 Å². The number of aromatic nitrogens is 5. The predicted molar refractivity (Wildman–Crippen MR) is 127 cm³/mol. The van der Waals surface area contributed by atoms with Crippen molar-refractivity contribution in [2.75, 3.05) is 11.4 Å². The van der Waals surface area contributed by atoms with Crippen LogP contribution in [0.3, 0.4) is 0 Å². The summed E-state index contributed by atoms with van der Waals surface area (Å²) < 4.78 is 6.96. The molecule has 0 radical (unpaired) electrons. The minimum absolute atomic E-state index is 0.254. The lowest BCUT2D eigenvalue weighted by Crippen LogP contribution is -2.33. The smallest absolute Gasteiger partial charge is 0.279 e. The molecule has 1 amide bonds. The summed E-state index contributed by atoms with van der Waals surface area (Å²) in [5.41, 5.74) is 2.14. The van der Waals surface area contributed by atoms with Crippen molar-refractivity contribution in [3.63, 3.8) is 0 Å². The van der Waals surface area contributed by atoms with E-state index in [9.17, 15) is 4.79 Å². The maximum Gasteiger partial charge on any atom is 0.279 e. The van der Waals surface area contributed by atoms with E-state index in [0.29, 0.717) is 23.3 Å². The maximum absolute atomic E-state index is 14.0. The van der Waals surface area contributed by atoms with Crippen molar-refractivity contribution in [1.82, 2.24) is 25.2 Å². The topological polar surface area (TPSA) is 89.9 Å². The molecule has 0 unspecified atom stereocenters. The molecule has 0 N–H and O–H groups in total. The molecule has 8 nitrogen and oxygen atoms in total. The fourth-order valence-corrected chi connectivity index (χ4v) is 4.96. The summed E-state index contributed by atoms with van der Waals surface area (Å²) in [5, 5.41) is 12.8. The van der Waals surface area contributed by atoms with Crippen LogP contribution in [-0.2, 0) is 17.6 Å². The van der Waals surface area contributed by atoms with E-state index in [0.717, 1.165) is 36.9 Å². The highest BCUT2D eigenvalue weighted by molar-refractivity contribution is 7.16. The number of hydrogen-bond donors (Lipinski definition) is 0. The van der Waals surface area contributed by atoms with Crippen molar-refractivity contribution in [2.24, 2.45) is 0 Å². The standard InChI is InChI=1S/C24H22N6O2S/c1-2-14-29(24-25-19-12-6-7-13-21(19)33-24)23(31)20(16-18-11-8-15-32-18)30-22(26-27-28-30)17-9-4-3-5-10-17/h2-5,8-11,15-16H,1,6-7,12-14H2.